The summed E-state index contributed by atoms with van der Waals surface area (Å²) >= 11 is 0. The quantitative estimate of drug-likeness (QED) is 0.673. The Morgan fingerprint density at radius 3 is 2.79 bits per heavy atom. The SMILES string of the molecule is COc1ccccc1C(=O)c1cnc2ccccn12. The van der Waals surface area contributed by atoms with Crippen molar-refractivity contribution in [3.63, 3.8) is 0 Å². The third-order valence-electron chi connectivity index (χ3n) is 3.00. The van der Waals surface area contributed by atoms with Gasteiger partial charge in [-0.05, 0) is 24.3 Å². The number of ether oxygens (including phenoxy) is 1. The molecule has 0 bridgehead atoms. The molecule has 1 aromatic carbocycles. The number of hydrogen-bond donors (Lipinski definition) is 0. The molecule has 0 unspecified atom stereocenters. The van der Waals surface area contributed by atoms with E-state index in [-0.39, 0.29) is 5.78 Å². The summed E-state index contributed by atoms with van der Waals surface area (Å²) < 4.78 is 7.00. The summed E-state index contributed by atoms with van der Waals surface area (Å²) in [6, 6.07) is 12.8. The van der Waals surface area contributed by atoms with Crippen LogP contribution in [0.25, 0.3) is 5.65 Å². The average Bonchev–Trinajstić information content (AvgIpc) is 2.90. The van der Waals surface area contributed by atoms with Crippen LogP contribution in [0.2, 0.25) is 0 Å². The van der Waals surface area contributed by atoms with Gasteiger partial charge in [0.15, 0.2) is 0 Å². The Morgan fingerprint density at radius 1 is 1.16 bits per heavy atom. The second-order valence-corrected chi connectivity index (χ2v) is 4.10. The zero-order valence-electron chi connectivity index (χ0n) is 10.4. The summed E-state index contributed by atoms with van der Waals surface area (Å²) in [5, 5.41) is 0. The average molecular weight is 252 g/mol. The van der Waals surface area contributed by atoms with Crippen LogP contribution in [0.1, 0.15) is 16.1 Å². The van der Waals surface area contributed by atoms with E-state index in [2.05, 4.69) is 4.98 Å². The van der Waals surface area contributed by atoms with Crippen molar-refractivity contribution in [1.29, 1.82) is 0 Å². The standard InChI is InChI=1S/C15H12N2O2/c1-19-13-7-3-2-6-11(13)15(18)12-10-16-14-8-4-5-9-17(12)14/h2-10H,1H3. The number of hydrogen-bond acceptors (Lipinski definition) is 3. The van der Waals surface area contributed by atoms with Crippen molar-refractivity contribution in [3.8, 4) is 5.75 Å². The van der Waals surface area contributed by atoms with Crippen LogP contribution in [0.4, 0.5) is 0 Å². The molecule has 0 saturated heterocycles. The van der Waals surface area contributed by atoms with Gasteiger partial charge in [0.05, 0.1) is 18.9 Å². The van der Waals surface area contributed by atoms with Crippen LogP contribution in [-0.2, 0) is 0 Å². The number of ketones is 1. The number of carbonyl (C=O) groups is 1. The van der Waals surface area contributed by atoms with E-state index in [4.69, 9.17) is 4.74 Å². The largest absolute Gasteiger partial charge is 0.496 e. The first-order valence-electron chi connectivity index (χ1n) is 5.91. The zero-order chi connectivity index (χ0) is 13.2. The molecule has 0 atom stereocenters. The first-order chi connectivity index (χ1) is 9.31. The van der Waals surface area contributed by atoms with Gasteiger partial charge in [-0.3, -0.25) is 9.20 Å². The molecule has 4 heteroatoms. The summed E-state index contributed by atoms with van der Waals surface area (Å²) in [6.45, 7) is 0. The molecule has 0 N–H and O–H groups in total. The molecule has 2 aromatic heterocycles. The summed E-state index contributed by atoms with van der Waals surface area (Å²) in [6.07, 6.45) is 3.41. The summed E-state index contributed by atoms with van der Waals surface area (Å²) in [4.78, 5) is 16.8. The Hall–Kier alpha value is -2.62. The molecule has 4 nitrogen and oxygen atoms in total. The number of imidazole rings is 1. The lowest BCUT2D eigenvalue weighted by atomic mass is 10.1. The minimum atomic E-state index is -0.101. The number of pyridine rings is 1. The van der Waals surface area contributed by atoms with Crippen LogP contribution in [0.3, 0.4) is 0 Å². The second-order valence-electron chi connectivity index (χ2n) is 4.10. The van der Waals surface area contributed by atoms with Gasteiger partial charge in [0.2, 0.25) is 5.78 Å². The number of methoxy groups -OCH3 is 1. The van der Waals surface area contributed by atoms with E-state index in [1.54, 1.807) is 29.8 Å². The van der Waals surface area contributed by atoms with Crippen LogP contribution >= 0.6 is 0 Å². The predicted molar refractivity (Wildman–Crippen MR) is 71.6 cm³/mol. The Kier molecular flexibility index (Phi) is 2.76. The molecule has 2 heterocycles. The maximum atomic E-state index is 12.6. The number of carbonyl (C=O) groups excluding carboxylic acids is 1. The Balaban J connectivity index is 2.14. The van der Waals surface area contributed by atoms with Crippen LogP contribution in [0.5, 0.6) is 5.75 Å². The smallest absolute Gasteiger partial charge is 0.215 e. The van der Waals surface area contributed by atoms with Crippen LogP contribution < -0.4 is 4.74 Å². The number of nitrogens with zero attached hydrogens (tertiary/aromatic N) is 2. The summed E-state index contributed by atoms with van der Waals surface area (Å²) in [5.74, 6) is 0.467. The molecule has 0 fully saturated rings. The third-order valence-corrected chi connectivity index (χ3v) is 3.00. The molecule has 0 saturated carbocycles. The molecule has 3 aromatic rings. The molecule has 0 aliphatic rings. The fourth-order valence-corrected chi connectivity index (χ4v) is 2.07. The Morgan fingerprint density at radius 2 is 1.95 bits per heavy atom. The third kappa shape index (κ3) is 1.87. The van der Waals surface area contributed by atoms with E-state index in [0.29, 0.717) is 17.0 Å². The molecule has 19 heavy (non-hydrogen) atoms. The van der Waals surface area contributed by atoms with Gasteiger partial charge in [0.25, 0.3) is 0 Å². The molecular weight excluding hydrogens is 240 g/mol. The van der Waals surface area contributed by atoms with Crippen molar-refractivity contribution in [1.82, 2.24) is 9.38 Å². The first-order valence-corrected chi connectivity index (χ1v) is 5.91. The molecule has 0 radical (unpaired) electrons. The maximum Gasteiger partial charge on any atom is 0.215 e. The van der Waals surface area contributed by atoms with Gasteiger partial charge in [-0.25, -0.2) is 4.98 Å². The first kappa shape index (κ1) is 11.5. The molecule has 0 amide bonds. The second kappa shape index (κ2) is 4.57. The van der Waals surface area contributed by atoms with E-state index >= 15 is 0 Å². The Bertz CT molecular complexity index is 746. The van der Waals surface area contributed by atoms with E-state index in [1.165, 1.54) is 0 Å². The van der Waals surface area contributed by atoms with Gasteiger partial charge in [-0.2, -0.15) is 0 Å². The van der Waals surface area contributed by atoms with E-state index in [9.17, 15) is 4.79 Å². The Labute approximate surface area is 110 Å². The highest BCUT2D eigenvalue weighted by Crippen LogP contribution is 2.21. The monoisotopic (exact) mass is 252 g/mol. The van der Waals surface area contributed by atoms with Crippen molar-refractivity contribution in [2.24, 2.45) is 0 Å². The van der Waals surface area contributed by atoms with Crippen molar-refractivity contribution in [3.05, 3.63) is 66.1 Å². The number of aromatic nitrogens is 2. The van der Waals surface area contributed by atoms with E-state index < -0.39 is 0 Å². The highest BCUT2D eigenvalue weighted by atomic mass is 16.5. The topological polar surface area (TPSA) is 43.6 Å². The lowest BCUT2D eigenvalue weighted by molar-refractivity contribution is 0.103. The van der Waals surface area contributed by atoms with E-state index in [1.807, 2.05) is 36.5 Å². The molecule has 3 rings (SSSR count). The van der Waals surface area contributed by atoms with Gasteiger partial charge >= 0.3 is 0 Å². The lowest BCUT2D eigenvalue weighted by Crippen LogP contribution is -2.06. The normalized spacial score (nSPS) is 10.6. The minimum Gasteiger partial charge on any atom is -0.496 e. The van der Waals surface area contributed by atoms with Crippen LogP contribution in [0.15, 0.2) is 54.9 Å². The number of para-hydroxylation sites is 1. The van der Waals surface area contributed by atoms with E-state index in [0.717, 1.165) is 5.65 Å². The maximum absolute atomic E-state index is 12.6. The number of benzene rings is 1. The molecule has 0 aliphatic heterocycles. The predicted octanol–water partition coefficient (Wildman–Crippen LogP) is 2.57. The number of fused-ring (bicyclic) bond motifs is 1. The number of rotatable bonds is 3. The molecular formula is C15H12N2O2. The molecule has 0 spiro atoms. The van der Waals surface area contributed by atoms with Crippen molar-refractivity contribution in [2.75, 3.05) is 7.11 Å². The lowest BCUT2D eigenvalue weighted by Gasteiger charge is -2.06. The van der Waals surface area contributed by atoms with Crippen molar-refractivity contribution < 1.29 is 9.53 Å². The van der Waals surface area contributed by atoms with Crippen molar-refractivity contribution >= 4 is 11.4 Å². The highest BCUT2D eigenvalue weighted by molar-refractivity contribution is 6.10. The zero-order valence-corrected chi connectivity index (χ0v) is 10.4. The fraction of sp³-hybridized carbons (Fsp3) is 0.0667. The van der Waals surface area contributed by atoms with Gasteiger partial charge in [-0.1, -0.05) is 18.2 Å². The van der Waals surface area contributed by atoms with Gasteiger partial charge in [0, 0.05) is 6.20 Å². The fourth-order valence-electron chi connectivity index (χ4n) is 2.07. The summed E-state index contributed by atoms with van der Waals surface area (Å²) in [5.41, 5.74) is 1.82. The highest BCUT2D eigenvalue weighted by Gasteiger charge is 2.17. The van der Waals surface area contributed by atoms with Crippen LogP contribution in [-0.4, -0.2) is 22.3 Å². The van der Waals surface area contributed by atoms with Gasteiger partial charge in [-0.15, -0.1) is 0 Å². The summed E-state index contributed by atoms with van der Waals surface area (Å²) in [7, 11) is 1.56. The van der Waals surface area contributed by atoms with Crippen LogP contribution in [0, 0.1) is 0 Å². The van der Waals surface area contributed by atoms with Gasteiger partial charge < -0.3 is 4.74 Å². The van der Waals surface area contributed by atoms with Gasteiger partial charge in [0.1, 0.15) is 17.1 Å². The molecule has 94 valence electrons. The minimum absolute atomic E-state index is 0.101. The van der Waals surface area contributed by atoms with Crippen molar-refractivity contribution in [2.45, 2.75) is 0 Å². The molecule has 0 aliphatic carbocycles.